The molecule has 27 heavy (non-hydrogen) atoms. The maximum absolute atomic E-state index is 12.9. The first-order chi connectivity index (χ1) is 12.7. The summed E-state index contributed by atoms with van der Waals surface area (Å²) in [6.45, 7) is -0.0522. The maximum Gasteiger partial charge on any atom is 0.393 e. The van der Waals surface area contributed by atoms with Gasteiger partial charge in [-0.15, -0.1) is 0 Å². The molecule has 0 aliphatic carbocycles. The van der Waals surface area contributed by atoms with E-state index in [9.17, 15) is 22.8 Å². The minimum absolute atomic E-state index is 0.0903. The Morgan fingerprint density at radius 2 is 2.11 bits per heavy atom. The maximum atomic E-state index is 12.9. The molecule has 1 saturated heterocycles. The lowest BCUT2D eigenvalue weighted by Gasteiger charge is -2.34. The molecule has 1 fully saturated rings. The number of carbonyl (C=O) groups is 2. The number of alkyl halides is 3. The van der Waals surface area contributed by atoms with Gasteiger partial charge in [-0.05, 0) is 31.5 Å². The Bertz CT molecular complexity index is 667. The lowest BCUT2D eigenvalue weighted by molar-refractivity contribution is -0.187. The fraction of sp³-hybridized carbons (Fsp3) is 0.556. The number of rotatable bonds is 6. The fourth-order valence-corrected chi connectivity index (χ4v) is 2.98. The highest BCUT2D eigenvalue weighted by atomic mass is 19.4. The Kier molecular flexibility index (Phi) is 7.06. The molecule has 1 aromatic rings. The SMILES string of the molecule is COc1cccc(NC(=O)CN(C)C(=O)CN2CCCC(C(F)(F)F)C2)c1. The van der Waals surface area contributed by atoms with E-state index in [0.29, 0.717) is 24.4 Å². The van der Waals surface area contributed by atoms with Gasteiger partial charge in [0.25, 0.3) is 0 Å². The number of nitrogens with zero attached hydrogens (tertiary/aromatic N) is 2. The zero-order valence-corrected chi connectivity index (χ0v) is 15.4. The smallest absolute Gasteiger partial charge is 0.393 e. The summed E-state index contributed by atoms with van der Waals surface area (Å²) in [4.78, 5) is 27.1. The fourth-order valence-electron chi connectivity index (χ4n) is 2.98. The van der Waals surface area contributed by atoms with Crippen LogP contribution in [-0.2, 0) is 9.59 Å². The second-order valence-corrected chi connectivity index (χ2v) is 6.65. The lowest BCUT2D eigenvalue weighted by atomic mass is 9.97. The number of amides is 2. The summed E-state index contributed by atoms with van der Waals surface area (Å²) in [6, 6.07) is 6.78. The normalized spacial score (nSPS) is 18.0. The van der Waals surface area contributed by atoms with Crippen molar-refractivity contribution < 1.29 is 27.5 Å². The van der Waals surface area contributed by atoms with E-state index in [1.807, 2.05) is 0 Å². The van der Waals surface area contributed by atoms with Crippen molar-refractivity contribution in [3.05, 3.63) is 24.3 Å². The number of nitrogens with one attached hydrogen (secondary N) is 1. The Balaban J connectivity index is 1.83. The number of likely N-dealkylation sites (tertiary alicyclic amines) is 1. The third-order valence-electron chi connectivity index (χ3n) is 4.49. The topological polar surface area (TPSA) is 61.9 Å². The predicted molar refractivity (Wildman–Crippen MR) is 94.5 cm³/mol. The Morgan fingerprint density at radius 3 is 2.78 bits per heavy atom. The molecule has 0 aromatic heterocycles. The van der Waals surface area contributed by atoms with Crippen molar-refractivity contribution in [1.29, 1.82) is 0 Å². The second kappa shape index (κ2) is 9.07. The first-order valence-electron chi connectivity index (χ1n) is 8.66. The molecule has 1 unspecified atom stereocenters. The summed E-state index contributed by atoms with van der Waals surface area (Å²) in [5, 5.41) is 2.66. The van der Waals surface area contributed by atoms with Gasteiger partial charge in [-0.2, -0.15) is 13.2 Å². The van der Waals surface area contributed by atoms with E-state index < -0.39 is 23.9 Å². The van der Waals surface area contributed by atoms with Crippen LogP contribution >= 0.6 is 0 Å². The minimum Gasteiger partial charge on any atom is -0.497 e. The number of hydrogen-bond donors (Lipinski definition) is 1. The average Bonchev–Trinajstić information content (AvgIpc) is 2.61. The Labute approximate surface area is 156 Å². The van der Waals surface area contributed by atoms with Crippen molar-refractivity contribution in [1.82, 2.24) is 9.80 Å². The predicted octanol–water partition coefficient (Wildman–Crippen LogP) is 2.37. The van der Waals surface area contributed by atoms with Gasteiger partial charge in [0.2, 0.25) is 11.8 Å². The molecule has 1 N–H and O–H groups in total. The number of benzene rings is 1. The van der Waals surface area contributed by atoms with Gasteiger partial charge < -0.3 is 15.0 Å². The monoisotopic (exact) mass is 387 g/mol. The highest BCUT2D eigenvalue weighted by molar-refractivity contribution is 5.94. The molecular weight excluding hydrogens is 363 g/mol. The van der Waals surface area contributed by atoms with Crippen molar-refractivity contribution in [3.8, 4) is 5.75 Å². The van der Waals surface area contributed by atoms with Crippen molar-refractivity contribution >= 4 is 17.5 Å². The van der Waals surface area contributed by atoms with Crippen LogP contribution in [-0.4, -0.2) is 68.1 Å². The second-order valence-electron chi connectivity index (χ2n) is 6.65. The van der Waals surface area contributed by atoms with Crippen molar-refractivity contribution in [2.45, 2.75) is 19.0 Å². The van der Waals surface area contributed by atoms with Crippen LogP contribution in [0, 0.1) is 5.92 Å². The quantitative estimate of drug-likeness (QED) is 0.814. The number of anilines is 1. The van der Waals surface area contributed by atoms with Crippen LogP contribution in [0.5, 0.6) is 5.75 Å². The van der Waals surface area contributed by atoms with E-state index >= 15 is 0 Å². The van der Waals surface area contributed by atoms with E-state index in [0.717, 1.165) is 0 Å². The summed E-state index contributed by atoms with van der Waals surface area (Å²) < 4.78 is 43.7. The minimum atomic E-state index is -4.25. The molecule has 1 heterocycles. The number of piperidine rings is 1. The van der Waals surface area contributed by atoms with Gasteiger partial charge in [0.05, 0.1) is 26.1 Å². The molecule has 1 aliphatic rings. The summed E-state index contributed by atoms with van der Waals surface area (Å²) in [5.41, 5.74) is 0.532. The molecule has 0 saturated carbocycles. The van der Waals surface area contributed by atoms with Gasteiger partial charge in [-0.25, -0.2) is 0 Å². The first kappa shape index (κ1) is 21.0. The number of methoxy groups -OCH3 is 1. The molecule has 1 atom stereocenters. The third kappa shape index (κ3) is 6.42. The highest BCUT2D eigenvalue weighted by Crippen LogP contribution is 2.32. The molecule has 0 spiro atoms. The van der Waals surface area contributed by atoms with Gasteiger partial charge in [0.15, 0.2) is 0 Å². The van der Waals surface area contributed by atoms with Crippen LogP contribution in [0.25, 0.3) is 0 Å². The molecular formula is C18H24F3N3O3. The molecule has 2 amide bonds. The lowest BCUT2D eigenvalue weighted by Crippen LogP contribution is -2.47. The Morgan fingerprint density at radius 1 is 1.37 bits per heavy atom. The number of halogens is 3. The van der Waals surface area contributed by atoms with Crippen LogP contribution in [0.3, 0.4) is 0 Å². The molecule has 1 aliphatic heterocycles. The van der Waals surface area contributed by atoms with Crippen molar-refractivity contribution in [3.63, 3.8) is 0 Å². The van der Waals surface area contributed by atoms with Gasteiger partial charge in [-0.3, -0.25) is 14.5 Å². The molecule has 0 radical (unpaired) electrons. The number of carbonyl (C=O) groups excluding carboxylic acids is 2. The summed E-state index contributed by atoms with van der Waals surface area (Å²) in [7, 11) is 2.97. The molecule has 6 nitrogen and oxygen atoms in total. The van der Waals surface area contributed by atoms with Gasteiger partial charge in [0.1, 0.15) is 5.75 Å². The first-order valence-corrected chi connectivity index (χ1v) is 8.66. The van der Waals surface area contributed by atoms with E-state index in [-0.39, 0.29) is 26.1 Å². The zero-order chi connectivity index (χ0) is 20.0. The zero-order valence-electron chi connectivity index (χ0n) is 15.4. The van der Waals surface area contributed by atoms with E-state index in [1.165, 1.54) is 24.0 Å². The molecule has 2 rings (SSSR count). The molecule has 1 aromatic carbocycles. The van der Waals surface area contributed by atoms with Crippen LogP contribution in [0.15, 0.2) is 24.3 Å². The van der Waals surface area contributed by atoms with Crippen LogP contribution in [0.1, 0.15) is 12.8 Å². The summed E-state index contributed by atoms with van der Waals surface area (Å²) >= 11 is 0. The number of ether oxygens (including phenoxy) is 1. The average molecular weight is 387 g/mol. The molecule has 150 valence electrons. The van der Waals surface area contributed by atoms with E-state index in [2.05, 4.69) is 5.32 Å². The van der Waals surface area contributed by atoms with E-state index in [4.69, 9.17) is 4.74 Å². The third-order valence-corrected chi connectivity index (χ3v) is 4.49. The summed E-state index contributed by atoms with van der Waals surface area (Å²) in [6.07, 6.45) is -3.76. The van der Waals surface area contributed by atoms with Crippen LogP contribution < -0.4 is 10.1 Å². The van der Waals surface area contributed by atoms with Crippen molar-refractivity contribution in [2.24, 2.45) is 5.92 Å². The molecule has 0 bridgehead atoms. The van der Waals surface area contributed by atoms with E-state index in [1.54, 1.807) is 24.3 Å². The highest BCUT2D eigenvalue weighted by Gasteiger charge is 2.42. The van der Waals surface area contributed by atoms with Gasteiger partial charge >= 0.3 is 6.18 Å². The van der Waals surface area contributed by atoms with Crippen LogP contribution in [0.2, 0.25) is 0 Å². The largest absolute Gasteiger partial charge is 0.497 e. The molecule has 9 heteroatoms. The number of hydrogen-bond acceptors (Lipinski definition) is 4. The Hall–Kier alpha value is -2.29. The number of likely N-dealkylation sites (N-methyl/N-ethyl adjacent to an activating group) is 1. The summed E-state index contributed by atoms with van der Waals surface area (Å²) in [5.74, 6) is -1.60. The van der Waals surface area contributed by atoms with Crippen LogP contribution in [0.4, 0.5) is 18.9 Å². The van der Waals surface area contributed by atoms with Crippen molar-refractivity contribution in [2.75, 3.05) is 45.7 Å². The standard InChI is InChI=1S/C18H24F3N3O3/c1-23(11-16(25)22-14-6-3-7-15(9-14)27-2)17(26)12-24-8-4-5-13(10-24)18(19,20)21/h3,6-7,9,13H,4-5,8,10-12H2,1-2H3,(H,22,25). The van der Waals surface area contributed by atoms with Gasteiger partial charge in [-0.1, -0.05) is 6.07 Å². The van der Waals surface area contributed by atoms with Gasteiger partial charge in [0, 0.05) is 25.3 Å².